The zero-order valence-electron chi connectivity index (χ0n) is 10.5. The van der Waals surface area contributed by atoms with E-state index in [9.17, 15) is 18.3 Å². The maximum absolute atomic E-state index is 12.2. The Bertz CT molecular complexity index is 223. The highest BCUT2D eigenvalue weighted by Crippen LogP contribution is 2.33. The van der Waals surface area contributed by atoms with Crippen molar-refractivity contribution in [3.8, 4) is 0 Å². The lowest BCUT2D eigenvalue weighted by Gasteiger charge is -2.39. The molecule has 16 heavy (non-hydrogen) atoms. The second-order valence-electron chi connectivity index (χ2n) is 5.07. The molecule has 0 radical (unpaired) electrons. The van der Waals surface area contributed by atoms with Crippen LogP contribution in [0.15, 0.2) is 0 Å². The van der Waals surface area contributed by atoms with Gasteiger partial charge in [-0.15, -0.1) is 0 Å². The number of hydrogen-bond acceptors (Lipinski definition) is 2. The van der Waals surface area contributed by atoms with Crippen LogP contribution >= 0.6 is 0 Å². The predicted molar refractivity (Wildman–Crippen MR) is 59.6 cm³/mol. The first-order valence-corrected chi connectivity index (χ1v) is 7.96. The van der Waals surface area contributed by atoms with Crippen molar-refractivity contribution in [2.24, 2.45) is 0 Å². The summed E-state index contributed by atoms with van der Waals surface area (Å²) in [4.78, 5) is 0. The molecule has 0 rings (SSSR count). The Morgan fingerprint density at radius 2 is 1.69 bits per heavy atom. The first-order chi connectivity index (χ1) is 6.87. The van der Waals surface area contributed by atoms with E-state index in [-0.39, 0.29) is 12.1 Å². The molecule has 0 spiro atoms. The fourth-order valence-electron chi connectivity index (χ4n) is 1.41. The molecule has 98 valence electrons. The molecule has 0 heterocycles. The van der Waals surface area contributed by atoms with Crippen LogP contribution in [0, 0.1) is 0 Å². The van der Waals surface area contributed by atoms with E-state index in [2.05, 4.69) is 0 Å². The quantitative estimate of drug-likeness (QED) is 0.767. The fraction of sp³-hybridized carbons (Fsp3) is 1.00. The average molecular weight is 258 g/mol. The third-order valence-corrected chi connectivity index (χ3v) is 7.46. The van der Waals surface area contributed by atoms with E-state index in [0.717, 1.165) is 0 Å². The van der Waals surface area contributed by atoms with Crippen molar-refractivity contribution in [2.75, 3.05) is 0 Å². The molecule has 0 aliphatic heterocycles. The van der Waals surface area contributed by atoms with Crippen LogP contribution in [0.5, 0.6) is 0 Å². The highest BCUT2D eigenvalue weighted by atomic mass is 28.4. The van der Waals surface area contributed by atoms with Crippen molar-refractivity contribution in [1.29, 1.82) is 0 Å². The topological polar surface area (TPSA) is 29.5 Å². The van der Waals surface area contributed by atoms with Crippen molar-refractivity contribution in [3.63, 3.8) is 0 Å². The number of hydrogen-bond donors (Lipinski definition) is 1. The minimum Gasteiger partial charge on any atom is -0.412 e. The molecule has 0 saturated heterocycles. The van der Waals surface area contributed by atoms with Crippen LogP contribution in [0.4, 0.5) is 13.2 Å². The van der Waals surface area contributed by atoms with Crippen LogP contribution < -0.4 is 0 Å². The standard InChI is InChI=1S/C10H21F3O2Si/c1-8(2)15-16(5,9(3,4)14)7-6-10(11,12)13/h8,14H,6-7H2,1-5H3. The van der Waals surface area contributed by atoms with Gasteiger partial charge in [0, 0.05) is 12.5 Å². The van der Waals surface area contributed by atoms with Gasteiger partial charge in [0.1, 0.15) is 0 Å². The predicted octanol–water partition coefficient (Wildman–Crippen LogP) is 3.25. The maximum atomic E-state index is 12.2. The third kappa shape index (κ3) is 5.31. The van der Waals surface area contributed by atoms with E-state index >= 15 is 0 Å². The summed E-state index contributed by atoms with van der Waals surface area (Å²) in [5.74, 6) is 0. The molecule has 0 bridgehead atoms. The maximum Gasteiger partial charge on any atom is 0.388 e. The summed E-state index contributed by atoms with van der Waals surface area (Å²) in [6.07, 6.45) is -5.26. The average Bonchev–Trinajstić information content (AvgIpc) is 1.96. The van der Waals surface area contributed by atoms with Crippen LogP contribution in [-0.4, -0.2) is 30.9 Å². The van der Waals surface area contributed by atoms with Crippen molar-refractivity contribution in [1.82, 2.24) is 0 Å². The summed E-state index contributed by atoms with van der Waals surface area (Å²) < 4.78 is 42.2. The molecule has 6 heteroatoms. The van der Waals surface area contributed by atoms with Crippen molar-refractivity contribution < 1.29 is 22.7 Å². The van der Waals surface area contributed by atoms with Gasteiger partial charge in [0.05, 0.1) is 5.22 Å². The zero-order chi connectivity index (χ0) is 13.2. The van der Waals surface area contributed by atoms with E-state index < -0.39 is 26.1 Å². The van der Waals surface area contributed by atoms with Crippen molar-refractivity contribution in [3.05, 3.63) is 0 Å². The summed E-state index contributed by atoms with van der Waals surface area (Å²) >= 11 is 0. The van der Waals surface area contributed by atoms with Gasteiger partial charge in [0.25, 0.3) is 0 Å². The largest absolute Gasteiger partial charge is 0.412 e. The van der Waals surface area contributed by atoms with Gasteiger partial charge in [-0.05, 0) is 40.3 Å². The van der Waals surface area contributed by atoms with Gasteiger partial charge >= 0.3 is 6.18 Å². The van der Waals surface area contributed by atoms with Gasteiger partial charge < -0.3 is 9.53 Å². The first kappa shape index (κ1) is 15.9. The molecule has 0 aromatic rings. The van der Waals surface area contributed by atoms with Gasteiger partial charge in [-0.25, -0.2) is 0 Å². The van der Waals surface area contributed by atoms with Crippen LogP contribution in [0.1, 0.15) is 34.1 Å². The van der Waals surface area contributed by atoms with Crippen LogP contribution in [0.2, 0.25) is 12.6 Å². The summed E-state index contributed by atoms with van der Waals surface area (Å²) in [5, 5.41) is 8.77. The highest BCUT2D eigenvalue weighted by molar-refractivity contribution is 6.75. The molecule has 0 aromatic carbocycles. The summed E-state index contributed by atoms with van der Waals surface area (Å²) in [6, 6.07) is -0.113. The summed E-state index contributed by atoms with van der Waals surface area (Å²) in [6.45, 7) is 8.24. The van der Waals surface area contributed by atoms with E-state index in [4.69, 9.17) is 4.43 Å². The summed E-state index contributed by atoms with van der Waals surface area (Å²) in [5.41, 5.74) is 0. The summed E-state index contributed by atoms with van der Waals surface area (Å²) in [7, 11) is -2.79. The zero-order valence-corrected chi connectivity index (χ0v) is 11.5. The van der Waals surface area contributed by atoms with Gasteiger partial charge in [-0.2, -0.15) is 13.2 Å². The second kappa shape index (κ2) is 5.06. The molecule has 0 aromatic heterocycles. The van der Waals surface area contributed by atoms with Gasteiger partial charge in [0.15, 0.2) is 0 Å². The number of halogens is 3. The van der Waals surface area contributed by atoms with Crippen molar-refractivity contribution in [2.45, 2.75) is 64.2 Å². The smallest absolute Gasteiger partial charge is 0.388 e. The minimum atomic E-state index is -4.19. The minimum absolute atomic E-state index is 0.113. The van der Waals surface area contributed by atoms with Gasteiger partial charge in [-0.3, -0.25) is 0 Å². The molecule has 1 atom stereocenters. The van der Waals surface area contributed by atoms with Gasteiger partial charge in [-0.1, -0.05) is 0 Å². The molecule has 1 N–H and O–H groups in total. The van der Waals surface area contributed by atoms with Crippen LogP contribution in [0.3, 0.4) is 0 Å². The lowest BCUT2D eigenvalue weighted by Crippen LogP contribution is -2.56. The van der Waals surface area contributed by atoms with E-state index in [1.807, 2.05) is 0 Å². The molecule has 0 aliphatic rings. The number of alkyl halides is 3. The highest BCUT2D eigenvalue weighted by Gasteiger charge is 2.47. The molecule has 0 aliphatic carbocycles. The van der Waals surface area contributed by atoms with E-state index in [1.54, 1.807) is 20.4 Å². The number of rotatable bonds is 5. The number of aliphatic hydroxyl groups is 1. The van der Waals surface area contributed by atoms with E-state index in [0.29, 0.717) is 0 Å². The lowest BCUT2D eigenvalue weighted by atomic mass is 10.5. The second-order valence-corrected chi connectivity index (χ2v) is 9.49. The first-order valence-electron chi connectivity index (χ1n) is 5.34. The molecular weight excluding hydrogens is 237 g/mol. The monoisotopic (exact) mass is 258 g/mol. The Labute approximate surface area is 95.9 Å². The fourth-order valence-corrected chi connectivity index (χ4v) is 4.23. The lowest BCUT2D eigenvalue weighted by molar-refractivity contribution is -0.131. The Balaban J connectivity index is 4.69. The Morgan fingerprint density at radius 1 is 1.25 bits per heavy atom. The van der Waals surface area contributed by atoms with Crippen LogP contribution in [0.25, 0.3) is 0 Å². The Hall–Kier alpha value is -0.0731. The van der Waals surface area contributed by atoms with Crippen LogP contribution in [-0.2, 0) is 4.43 Å². The molecule has 0 fully saturated rings. The van der Waals surface area contributed by atoms with Crippen molar-refractivity contribution >= 4 is 8.32 Å². The molecule has 1 unspecified atom stereocenters. The van der Waals surface area contributed by atoms with Gasteiger partial charge in [0.2, 0.25) is 8.32 Å². The molecule has 0 saturated carbocycles. The third-order valence-electron chi connectivity index (χ3n) is 2.68. The SMILES string of the molecule is CC(C)O[Si](C)(CCC(F)(F)F)C(C)(C)O. The molecule has 2 nitrogen and oxygen atoms in total. The Morgan fingerprint density at radius 3 is 1.94 bits per heavy atom. The normalized spacial score (nSPS) is 17.6. The molecule has 0 amide bonds. The van der Waals surface area contributed by atoms with E-state index in [1.165, 1.54) is 13.8 Å². The Kier molecular flexibility index (Phi) is 5.03. The molecular formula is C10H21F3O2Si.